The number of likely N-dealkylation sites (tertiary alicyclic amines) is 1. The van der Waals surface area contributed by atoms with Gasteiger partial charge in [0.1, 0.15) is 11.6 Å². The number of hydrogen-bond donors (Lipinski definition) is 1. The number of halogens is 1. The van der Waals surface area contributed by atoms with Crippen molar-refractivity contribution in [2.75, 3.05) is 52.5 Å². The molecule has 6 nitrogen and oxygen atoms in total. The van der Waals surface area contributed by atoms with Gasteiger partial charge in [0.25, 0.3) is 5.91 Å². The predicted octanol–water partition coefficient (Wildman–Crippen LogP) is 2.99. The van der Waals surface area contributed by atoms with Crippen LogP contribution in [0.15, 0.2) is 48.5 Å². The summed E-state index contributed by atoms with van der Waals surface area (Å²) in [4.78, 5) is 16.6. The Balaban J connectivity index is 1.36. The third kappa shape index (κ3) is 6.06. The van der Waals surface area contributed by atoms with E-state index in [-0.39, 0.29) is 24.4 Å². The number of benzene rings is 2. The topological polar surface area (TPSA) is 54.0 Å². The minimum Gasteiger partial charge on any atom is -0.483 e. The van der Waals surface area contributed by atoms with Gasteiger partial charge in [0, 0.05) is 50.9 Å². The molecule has 2 heterocycles. The second kappa shape index (κ2) is 11.4. The molecule has 2 fully saturated rings. The Hall–Kier alpha value is -2.48. The lowest BCUT2D eigenvalue weighted by Gasteiger charge is -2.35. The molecule has 2 aliphatic heterocycles. The number of rotatable bonds is 9. The summed E-state index contributed by atoms with van der Waals surface area (Å²) in [5.74, 6) is 0.559. The molecular weight excluding hydrogens is 409 g/mol. The Bertz CT molecular complexity index is 865. The lowest BCUT2D eigenvalue weighted by Crippen LogP contribution is -2.42. The van der Waals surface area contributed by atoms with Crippen LogP contribution >= 0.6 is 0 Å². The van der Waals surface area contributed by atoms with E-state index in [4.69, 9.17) is 9.47 Å². The van der Waals surface area contributed by atoms with Crippen LogP contribution in [0.25, 0.3) is 0 Å². The maximum Gasteiger partial charge on any atom is 0.260 e. The molecule has 0 aromatic heterocycles. The summed E-state index contributed by atoms with van der Waals surface area (Å²) in [6.07, 6.45) is 2.15. The Kier molecular flexibility index (Phi) is 8.09. The lowest BCUT2D eigenvalue weighted by atomic mass is 10.0. The fourth-order valence-corrected chi connectivity index (χ4v) is 4.36. The molecule has 32 heavy (non-hydrogen) atoms. The van der Waals surface area contributed by atoms with E-state index in [1.807, 2.05) is 41.3 Å². The maximum atomic E-state index is 13.4. The van der Waals surface area contributed by atoms with Crippen LogP contribution in [0.2, 0.25) is 0 Å². The number of morpholine rings is 1. The van der Waals surface area contributed by atoms with E-state index in [9.17, 15) is 9.18 Å². The van der Waals surface area contributed by atoms with E-state index in [0.29, 0.717) is 26.3 Å². The SMILES string of the molecule is O=C(COc1ccccc1CNCC(c1ccc(F)cc1)N1CCOCC1)N1CCCC1. The first-order valence-corrected chi connectivity index (χ1v) is 11.5. The molecule has 2 aliphatic rings. The predicted molar refractivity (Wildman–Crippen MR) is 121 cm³/mol. The van der Waals surface area contributed by atoms with Gasteiger partial charge in [0.15, 0.2) is 6.61 Å². The molecule has 0 saturated carbocycles. The molecule has 0 bridgehead atoms. The molecule has 7 heteroatoms. The summed E-state index contributed by atoms with van der Waals surface area (Å²) < 4.78 is 24.8. The average molecular weight is 442 g/mol. The number of amides is 1. The van der Waals surface area contributed by atoms with E-state index in [0.717, 1.165) is 55.9 Å². The standard InChI is InChI=1S/C25H32FN3O3/c26-22-9-7-20(8-10-22)23(28-13-15-31-16-14-28)18-27-17-21-5-1-2-6-24(21)32-19-25(30)29-11-3-4-12-29/h1-2,5-10,23,27H,3-4,11-19H2. The summed E-state index contributed by atoms with van der Waals surface area (Å²) in [6, 6.07) is 14.7. The fraction of sp³-hybridized carbons (Fsp3) is 0.480. The molecular formula is C25H32FN3O3. The Labute approximate surface area is 189 Å². The van der Waals surface area contributed by atoms with Gasteiger partial charge in [0.05, 0.1) is 13.2 Å². The molecule has 2 aromatic carbocycles. The molecule has 4 rings (SSSR count). The highest BCUT2D eigenvalue weighted by Crippen LogP contribution is 2.23. The van der Waals surface area contributed by atoms with Crippen LogP contribution in [0.4, 0.5) is 4.39 Å². The summed E-state index contributed by atoms with van der Waals surface area (Å²) in [5.41, 5.74) is 2.10. The van der Waals surface area contributed by atoms with Crippen molar-refractivity contribution in [3.05, 3.63) is 65.5 Å². The summed E-state index contributed by atoms with van der Waals surface area (Å²) >= 11 is 0. The number of para-hydroxylation sites is 1. The molecule has 1 atom stereocenters. The summed E-state index contributed by atoms with van der Waals surface area (Å²) in [7, 11) is 0. The monoisotopic (exact) mass is 441 g/mol. The lowest BCUT2D eigenvalue weighted by molar-refractivity contribution is -0.132. The molecule has 0 radical (unpaired) electrons. The zero-order valence-corrected chi connectivity index (χ0v) is 18.5. The van der Waals surface area contributed by atoms with E-state index < -0.39 is 0 Å². The molecule has 2 saturated heterocycles. The minimum atomic E-state index is -0.225. The van der Waals surface area contributed by atoms with Crippen molar-refractivity contribution in [2.45, 2.75) is 25.4 Å². The highest BCUT2D eigenvalue weighted by Gasteiger charge is 2.23. The first-order valence-electron chi connectivity index (χ1n) is 11.5. The minimum absolute atomic E-state index is 0.0500. The van der Waals surface area contributed by atoms with Gasteiger partial charge in [-0.25, -0.2) is 4.39 Å². The molecule has 1 amide bonds. The molecule has 1 unspecified atom stereocenters. The normalized spacial score (nSPS) is 18.0. The molecule has 0 spiro atoms. The second-order valence-corrected chi connectivity index (χ2v) is 8.33. The van der Waals surface area contributed by atoms with Gasteiger partial charge in [-0.3, -0.25) is 9.69 Å². The Morgan fingerprint density at radius 2 is 1.75 bits per heavy atom. The molecule has 2 aromatic rings. The summed E-state index contributed by atoms with van der Waals surface area (Å²) in [6.45, 7) is 6.18. The van der Waals surface area contributed by atoms with Crippen molar-refractivity contribution in [1.29, 1.82) is 0 Å². The van der Waals surface area contributed by atoms with Crippen LogP contribution in [0, 0.1) is 5.82 Å². The highest BCUT2D eigenvalue weighted by atomic mass is 19.1. The van der Waals surface area contributed by atoms with E-state index >= 15 is 0 Å². The number of hydrogen-bond acceptors (Lipinski definition) is 5. The van der Waals surface area contributed by atoms with Gasteiger partial charge in [-0.05, 0) is 36.6 Å². The van der Waals surface area contributed by atoms with Crippen LogP contribution in [0.3, 0.4) is 0 Å². The van der Waals surface area contributed by atoms with Crippen LogP contribution in [0.5, 0.6) is 5.75 Å². The zero-order valence-electron chi connectivity index (χ0n) is 18.5. The maximum absolute atomic E-state index is 13.4. The first-order chi connectivity index (χ1) is 15.7. The van der Waals surface area contributed by atoms with Crippen molar-refractivity contribution in [3.63, 3.8) is 0 Å². The molecule has 0 aliphatic carbocycles. The number of carbonyl (C=O) groups excluding carboxylic acids is 1. The van der Waals surface area contributed by atoms with Crippen molar-refractivity contribution in [2.24, 2.45) is 0 Å². The van der Waals surface area contributed by atoms with E-state index in [1.54, 1.807) is 0 Å². The van der Waals surface area contributed by atoms with Crippen LogP contribution in [-0.4, -0.2) is 68.3 Å². The first kappa shape index (κ1) is 22.7. The molecule has 172 valence electrons. The van der Waals surface area contributed by atoms with Crippen molar-refractivity contribution >= 4 is 5.91 Å². The van der Waals surface area contributed by atoms with Gasteiger partial charge in [0.2, 0.25) is 0 Å². The van der Waals surface area contributed by atoms with Gasteiger partial charge >= 0.3 is 0 Å². The fourth-order valence-electron chi connectivity index (χ4n) is 4.36. The smallest absolute Gasteiger partial charge is 0.260 e. The third-order valence-electron chi connectivity index (χ3n) is 6.18. The Morgan fingerprint density at radius 3 is 2.50 bits per heavy atom. The van der Waals surface area contributed by atoms with Gasteiger partial charge < -0.3 is 19.7 Å². The average Bonchev–Trinajstić information content (AvgIpc) is 3.38. The second-order valence-electron chi connectivity index (χ2n) is 8.33. The number of nitrogens with zero attached hydrogens (tertiary/aromatic N) is 2. The van der Waals surface area contributed by atoms with Crippen molar-refractivity contribution < 1.29 is 18.7 Å². The van der Waals surface area contributed by atoms with Crippen molar-refractivity contribution in [3.8, 4) is 5.75 Å². The van der Waals surface area contributed by atoms with Crippen LogP contribution < -0.4 is 10.1 Å². The highest BCUT2D eigenvalue weighted by molar-refractivity contribution is 5.78. The van der Waals surface area contributed by atoms with Gasteiger partial charge in [-0.15, -0.1) is 0 Å². The van der Waals surface area contributed by atoms with Gasteiger partial charge in [-0.1, -0.05) is 30.3 Å². The summed E-state index contributed by atoms with van der Waals surface area (Å²) in [5, 5.41) is 3.54. The van der Waals surface area contributed by atoms with Gasteiger partial charge in [-0.2, -0.15) is 0 Å². The van der Waals surface area contributed by atoms with Crippen molar-refractivity contribution in [1.82, 2.24) is 15.1 Å². The Morgan fingerprint density at radius 1 is 1.03 bits per heavy atom. The third-order valence-corrected chi connectivity index (χ3v) is 6.18. The van der Waals surface area contributed by atoms with E-state index in [1.165, 1.54) is 12.1 Å². The number of nitrogens with one attached hydrogen (secondary N) is 1. The van der Waals surface area contributed by atoms with Crippen LogP contribution in [0.1, 0.15) is 30.0 Å². The number of carbonyl (C=O) groups is 1. The van der Waals surface area contributed by atoms with Crippen LogP contribution in [-0.2, 0) is 16.1 Å². The zero-order chi connectivity index (χ0) is 22.2. The quantitative estimate of drug-likeness (QED) is 0.649. The number of ether oxygens (including phenoxy) is 2. The molecule has 1 N–H and O–H groups in total. The largest absolute Gasteiger partial charge is 0.483 e. The van der Waals surface area contributed by atoms with E-state index in [2.05, 4.69) is 10.2 Å².